The van der Waals surface area contributed by atoms with Crippen LogP contribution in [0.4, 0.5) is 11.6 Å². The molecule has 2 aromatic heterocycles. The highest BCUT2D eigenvalue weighted by atomic mass is 16.6. The molecular formula is C16H14N6O4. The van der Waals surface area contributed by atoms with E-state index in [1.54, 1.807) is 25.1 Å². The Labute approximate surface area is 147 Å². The van der Waals surface area contributed by atoms with E-state index in [0.29, 0.717) is 6.54 Å². The number of anilines is 1. The highest BCUT2D eigenvalue weighted by molar-refractivity contribution is 6.01. The van der Waals surface area contributed by atoms with Gasteiger partial charge in [-0.3, -0.25) is 20.2 Å². The molecule has 26 heavy (non-hydrogen) atoms. The number of aromatic nitrogens is 4. The molecule has 3 rings (SSSR count). The lowest BCUT2D eigenvalue weighted by Crippen LogP contribution is -2.12. The Hall–Kier alpha value is -3.82. The van der Waals surface area contributed by atoms with Crippen LogP contribution in [-0.2, 0) is 6.54 Å². The number of amides is 1. The van der Waals surface area contributed by atoms with Crippen molar-refractivity contribution in [2.45, 2.75) is 13.5 Å². The van der Waals surface area contributed by atoms with E-state index in [1.165, 1.54) is 23.0 Å². The summed E-state index contributed by atoms with van der Waals surface area (Å²) in [5.41, 5.74) is 0.939. The molecule has 1 amide bonds. The van der Waals surface area contributed by atoms with Gasteiger partial charge >= 0.3 is 0 Å². The molecular weight excluding hydrogens is 340 g/mol. The van der Waals surface area contributed by atoms with Gasteiger partial charge in [0.2, 0.25) is 0 Å². The number of hydrogen-bond acceptors (Lipinski definition) is 7. The first-order valence-corrected chi connectivity index (χ1v) is 7.53. The van der Waals surface area contributed by atoms with Crippen molar-refractivity contribution in [3.63, 3.8) is 0 Å². The lowest BCUT2D eigenvalue weighted by Gasteiger charge is -2.01. The lowest BCUT2D eigenvalue weighted by molar-refractivity contribution is -0.384. The average Bonchev–Trinajstić information content (AvgIpc) is 3.25. The summed E-state index contributed by atoms with van der Waals surface area (Å²) in [4.78, 5) is 24.2. The van der Waals surface area contributed by atoms with Crippen molar-refractivity contribution in [2.24, 2.45) is 0 Å². The summed E-state index contributed by atoms with van der Waals surface area (Å²) < 4.78 is 5.47. The van der Waals surface area contributed by atoms with E-state index in [9.17, 15) is 14.9 Å². The molecule has 0 saturated heterocycles. The third-order valence-corrected chi connectivity index (χ3v) is 3.42. The predicted octanol–water partition coefficient (Wildman–Crippen LogP) is 2.59. The highest BCUT2D eigenvalue weighted by Crippen LogP contribution is 2.32. The van der Waals surface area contributed by atoms with Crippen molar-refractivity contribution < 1.29 is 14.1 Å². The van der Waals surface area contributed by atoms with Gasteiger partial charge in [-0.1, -0.05) is 17.2 Å². The maximum absolute atomic E-state index is 12.2. The maximum Gasteiger partial charge on any atom is 0.293 e. The van der Waals surface area contributed by atoms with Crippen molar-refractivity contribution in [3.8, 4) is 11.3 Å². The summed E-state index contributed by atoms with van der Waals surface area (Å²) in [7, 11) is 0. The number of aryl methyl sites for hydroxylation is 1. The molecule has 10 heteroatoms. The van der Waals surface area contributed by atoms with Gasteiger partial charge in [-0.2, -0.15) is 4.80 Å². The van der Waals surface area contributed by atoms with Crippen LogP contribution in [0.5, 0.6) is 0 Å². The Balaban J connectivity index is 1.82. The number of nitro benzene ring substituents is 1. The molecule has 3 aromatic rings. The first kappa shape index (κ1) is 17.0. The second-order valence-corrected chi connectivity index (χ2v) is 5.35. The number of nitrogens with zero attached hydrogens (tertiary/aromatic N) is 5. The first-order valence-electron chi connectivity index (χ1n) is 7.53. The quantitative estimate of drug-likeness (QED) is 0.409. The Bertz CT molecular complexity index is 990. The lowest BCUT2D eigenvalue weighted by atomic mass is 10.1. The van der Waals surface area contributed by atoms with Crippen LogP contribution >= 0.6 is 0 Å². The summed E-state index contributed by atoms with van der Waals surface area (Å²) in [6.07, 6.45) is 1.58. The molecule has 0 bridgehead atoms. The molecule has 0 aliphatic carbocycles. The Morgan fingerprint density at radius 3 is 2.96 bits per heavy atom. The first-order chi connectivity index (χ1) is 12.5. The Morgan fingerprint density at radius 1 is 1.42 bits per heavy atom. The number of nitro groups is 1. The SMILES string of the molecule is C=CCn1nnc(NC(=O)c2ccc(-c3ccc(C)cc3[N+](=O)[O-])o2)n1. The van der Waals surface area contributed by atoms with Crippen LogP contribution in [-0.4, -0.2) is 31.0 Å². The average molecular weight is 354 g/mol. The van der Waals surface area contributed by atoms with Crippen molar-refractivity contribution in [1.29, 1.82) is 0 Å². The van der Waals surface area contributed by atoms with Crippen LogP contribution in [0.2, 0.25) is 0 Å². The number of benzene rings is 1. The van der Waals surface area contributed by atoms with Crippen molar-refractivity contribution in [3.05, 3.63) is 64.4 Å². The number of rotatable bonds is 6. The topological polar surface area (TPSA) is 129 Å². The fraction of sp³-hybridized carbons (Fsp3) is 0.125. The molecule has 0 fully saturated rings. The van der Waals surface area contributed by atoms with Gasteiger partial charge in [0.1, 0.15) is 5.76 Å². The third-order valence-electron chi connectivity index (χ3n) is 3.42. The molecule has 0 aliphatic heterocycles. The van der Waals surface area contributed by atoms with E-state index >= 15 is 0 Å². The van der Waals surface area contributed by atoms with Crippen LogP contribution in [0.25, 0.3) is 11.3 Å². The van der Waals surface area contributed by atoms with Crippen molar-refractivity contribution >= 4 is 17.5 Å². The molecule has 0 unspecified atom stereocenters. The molecule has 1 aromatic carbocycles. The summed E-state index contributed by atoms with van der Waals surface area (Å²) in [6, 6.07) is 7.67. The van der Waals surface area contributed by atoms with Crippen LogP contribution in [0, 0.1) is 17.0 Å². The molecule has 2 heterocycles. The number of furan rings is 1. The number of allylic oxidation sites excluding steroid dienone is 1. The minimum atomic E-state index is -0.593. The minimum absolute atomic E-state index is 0.0103. The Morgan fingerprint density at radius 2 is 2.23 bits per heavy atom. The zero-order valence-corrected chi connectivity index (χ0v) is 13.7. The third kappa shape index (κ3) is 3.48. The van der Waals surface area contributed by atoms with Gasteiger partial charge < -0.3 is 4.42 Å². The van der Waals surface area contributed by atoms with Gasteiger partial charge in [-0.05, 0) is 35.9 Å². The van der Waals surface area contributed by atoms with Crippen molar-refractivity contribution in [2.75, 3.05) is 5.32 Å². The Kier molecular flexibility index (Phi) is 4.56. The van der Waals surface area contributed by atoms with E-state index in [0.717, 1.165) is 5.56 Å². The van der Waals surface area contributed by atoms with Crippen molar-refractivity contribution in [1.82, 2.24) is 20.2 Å². The second kappa shape index (κ2) is 6.97. The van der Waals surface area contributed by atoms with E-state index in [1.807, 2.05) is 0 Å². The van der Waals surface area contributed by atoms with Crippen LogP contribution < -0.4 is 5.32 Å². The largest absolute Gasteiger partial charge is 0.451 e. The number of carbonyl (C=O) groups is 1. The predicted molar refractivity (Wildman–Crippen MR) is 91.5 cm³/mol. The molecule has 0 aliphatic rings. The number of carbonyl (C=O) groups excluding carboxylic acids is 1. The van der Waals surface area contributed by atoms with Gasteiger partial charge in [-0.25, -0.2) is 0 Å². The molecule has 1 N–H and O–H groups in total. The smallest absolute Gasteiger partial charge is 0.293 e. The summed E-state index contributed by atoms with van der Waals surface area (Å²) in [5, 5.41) is 25.0. The number of nitrogens with one attached hydrogen (secondary N) is 1. The van der Waals surface area contributed by atoms with Gasteiger partial charge in [0.15, 0.2) is 5.76 Å². The van der Waals surface area contributed by atoms with E-state index < -0.39 is 10.8 Å². The van der Waals surface area contributed by atoms with Crippen LogP contribution in [0.1, 0.15) is 16.1 Å². The number of hydrogen-bond donors (Lipinski definition) is 1. The van der Waals surface area contributed by atoms with Gasteiger partial charge in [0.25, 0.3) is 17.5 Å². The summed E-state index contributed by atoms with van der Waals surface area (Å²) in [5.74, 6) is -0.402. The van der Waals surface area contributed by atoms with E-state index in [2.05, 4.69) is 27.3 Å². The van der Waals surface area contributed by atoms with Gasteiger partial charge in [0.05, 0.1) is 17.0 Å². The van der Waals surface area contributed by atoms with Gasteiger partial charge in [0, 0.05) is 6.07 Å². The van der Waals surface area contributed by atoms with E-state index in [4.69, 9.17) is 4.42 Å². The maximum atomic E-state index is 12.2. The fourth-order valence-corrected chi connectivity index (χ4v) is 2.26. The molecule has 0 saturated carbocycles. The van der Waals surface area contributed by atoms with E-state index in [-0.39, 0.29) is 28.7 Å². The second-order valence-electron chi connectivity index (χ2n) is 5.35. The molecule has 10 nitrogen and oxygen atoms in total. The molecule has 0 atom stereocenters. The fourth-order valence-electron chi connectivity index (χ4n) is 2.26. The van der Waals surface area contributed by atoms with Crippen LogP contribution in [0.3, 0.4) is 0 Å². The number of tetrazole rings is 1. The van der Waals surface area contributed by atoms with Crippen LogP contribution in [0.15, 0.2) is 47.4 Å². The minimum Gasteiger partial charge on any atom is -0.451 e. The zero-order chi connectivity index (χ0) is 18.7. The summed E-state index contributed by atoms with van der Waals surface area (Å²) in [6.45, 7) is 5.66. The monoisotopic (exact) mass is 354 g/mol. The molecule has 0 radical (unpaired) electrons. The standard InChI is InChI=1S/C16H14N6O4/c1-3-8-21-19-16(18-20-21)17-15(23)14-7-6-13(26-14)11-5-4-10(2)9-12(11)22(24)25/h3-7,9H,1,8H2,2H3,(H,17,19,23). The normalized spacial score (nSPS) is 10.5. The van der Waals surface area contributed by atoms with Gasteiger partial charge in [-0.15, -0.1) is 11.7 Å². The highest BCUT2D eigenvalue weighted by Gasteiger charge is 2.20. The molecule has 0 spiro atoms. The molecule has 132 valence electrons. The zero-order valence-electron chi connectivity index (χ0n) is 13.7. The summed E-state index contributed by atoms with van der Waals surface area (Å²) >= 11 is 0.